The van der Waals surface area contributed by atoms with Crippen molar-refractivity contribution in [2.75, 3.05) is 13.2 Å². The first-order chi connectivity index (χ1) is 8.33. The van der Waals surface area contributed by atoms with Crippen LogP contribution in [0.25, 0.3) is 6.08 Å². The van der Waals surface area contributed by atoms with Crippen LogP contribution in [0.3, 0.4) is 0 Å². The third-order valence-electron chi connectivity index (χ3n) is 1.95. The fraction of sp³-hybridized carbons (Fsp3) is 0.250. The summed E-state index contributed by atoms with van der Waals surface area (Å²) in [6.07, 6.45) is 4.02. The van der Waals surface area contributed by atoms with Gasteiger partial charge in [0.2, 0.25) is 0 Å². The Balaban J connectivity index is 2.08. The molecule has 0 amide bonds. The third-order valence-corrected chi connectivity index (χ3v) is 1.95. The van der Waals surface area contributed by atoms with Gasteiger partial charge in [0.05, 0.1) is 19.6 Å². The molecule has 0 saturated heterocycles. The van der Waals surface area contributed by atoms with E-state index in [1.54, 1.807) is 0 Å². The van der Waals surface area contributed by atoms with Crippen LogP contribution in [-0.4, -0.2) is 19.2 Å². The van der Waals surface area contributed by atoms with E-state index in [0.717, 1.165) is 5.56 Å². The van der Waals surface area contributed by atoms with E-state index in [1.165, 1.54) is 0 Å². The molecule has 0 aromatic heterocycles. The van der Waals surface area contributed by atoms with E-state index in [0.29, 0.717) is 13.2 Å². The van der Waals surface area contributed by atoms with Gasteiger partial charge in [0.25, 0.3) is 0 Å². The molecular weight excluding hydrogens is 220 g/mol. The van der Waals surface area contributed by atoms with Crippen molar-refractivity contribution in [3.05, 3.63) is 42.0 Å². The molecule has 0 bridgehead atoms. The zero-order valence-corrected chi connectivity index (χ0v) is 9.46. The topological polar surface area (TPSA) is 73.6 Å². The number of hydrogen-bond donors (Lipinski definition) is 2. The molecule has 1 rings (SSSR count). The van der Waals surface area contributed by atoms with Crippen LogP contribution in [-0.2, 0) is 14.4 Å². The number of benzene rings is 1. The normalized spacial score (nSPS) is 10.6. The fourth-order valence-electron chi connectivity index (χ4n) is 1.17. The van der Waals surface area contributed by atoms with Crippen LogP contribution in [0.1, 0.15) is 12.0 Å². The van der Waals surface area contributed by atoms with Crippen molar-refractivity contribution in [2.24, 2.45) is 5.84 Å². The summed E-state index contributed by atoms with van der Waals surface area (Å²) in [6, 6.07) is 9.90. The Morgan fingerprint density at radius 1 is 1.35 bits per heavy atom. The predicted octanol–water partition coefficient (Wildman–Crippen LogP) is 1.03. The van der Waals surface area contributed by atoms with Crippen LogP contribution in [0.15, 0.2) is 36.4 Å². The number of hydrogen-bond acceptors (Lipinski definition) is 5. The lowest BCUT2D eigenvalue weighted by Gasteiger charge is -2.01. The Bertz CT molecular complexity index is 352. The highest BCUT2D eigenvalue weighted by Crippen LogP contribution is 2.00. The van der Waals surface area contributed by atoms with Gasteiger partial charge in [-0.25, -0.2) is 5.84 Å². The lowest BCUT2D eigenvalue weighted by atomic mass is 10.2. The molecule has 1 aromatic rings. The van der Waals surface area contributed by atoms with Crippen molar-refractivity contribution in [3.63, 3.8) is 0 Å². The minimum Gasteiger partial charge on any atom is -0.377 e. The molecule has 0 heterocycles. The lowest BCUT2D eigenvalue weighted by molar-refractivity contribution is -0.152. The van der Waals surface area contributed by atoms with E-state index < -0.39 is 5.97 Å². The van der Waals surface area contributed by atoms with Gasteiger partial charge in [0, 0.05) is 0 Å². The van der Waals surface area contributed by atoms with Gasteiger partial charge < -0.3 is 9.57 Å². The van der Waals surface area contributed by atoms with E-state index in [-0.39, 0.29) is 6.42 Å². The SMILES string of the molecule is NNOC(=O)CCOCC=Cc1ccccc1. The van der Waals surface area contributed by atoms with Crippen molar-refractivity contribution < 1.29 is 14.4 Å². The summed E-state index contributed by atoms with van der Waals surface area (Å²) in [5.74, 6) is 4.36. The zero-order chi connectivity index (χ0) is 12.3. The molecule has 5 nitrogen and oxygen atoms in total. The highest BCUT2D eigenvalue weighted by molar-refractivity contribution is 5.69. The molecule has 0 spiro atoms. The molecule has 3 N–H and O–H groups in total. The Morgan fingerprint density at radius 2 is 2.12 bits per heavy atom. The number of rotatable bonds is 7. The Labute approximate surface area is 100 Å². The summed E-state index contributed by atoms with van der Waals surface area (Å²) >= 11 is 0. The summed E-state index contributed by atoms with van der Waals surface area (Å²) in [7, 11) is 0. The number of nitrogens with one attached hydrogen (secondary N) is 1. The molecule has 0 aliphatic carbocycles. The molecular formula is C12H16N2O3. The van der Waals surface area contributed by atoms with Crippen molar-refractivity contribution in [2.45, 2.75) is 6.42 Å². The van der Waals surface area contributed by atoms with Gasteiger partial charge in [-0.15, -0.1) is 0 Å². The number of nitrogens with two attached hydrogens (primary N) is 1. The van der Waals surface area contributed by atoms with Crippen LogP contribution in [0.4, 0.5) is 0 Å². The maximum atomic E-state index is 10.8. The summed E-state index contributed by atoms with van der Waals surface area (Å²) in [5.41, 5.74) is 2.94. The predicted molar refractivity (Wildman–Crippen MR) is 64.3 cm³/mol. The van der Waals surface area contributed by atoms with Crippen molar-refractivity contribution >= 4 is 12.0 Å². The van der Waals surface area contributed by atoms with Gasteiger partial charge in [-0.3, -0.25) is 4.79 Å². The van der Waals surface area contributed by atoms with E-state index in [1.807, 2.05) is 48.1 Å². The average molecular weight is 236 g/mol. The molecule has 0 aliphatic rings. The Morgan fingerprint density at radius 3 is 2.82 bits per heavy atom. The van der Waals surface area contributed by atoms with Gasteiger partial charge in [0.15, 0.2) is 0 Å². The van der Waals surface area contributed by atoms with E-state index in [4.69, 9.17) is 10.6 Å². The van der Waals surface area contributed by atoms with Gasteiger partial charge in [0.1, 0.15) is 0 Å². The lowest BCUT2D eigenvalue weighted by Crippen LogP contribution is -2.26. The van der Waals surface area contributed by atoms with Crippen molar-refractivity contribution in [3.8, 4) is 0 Å². The zero-order valence-electron chi connectivity index (χ0n) is 9.46. The van der Waals surface area contributed by atoms with Crippen molar-refractivity contribution in [1.29, 1.82) is 0 Å². The first kappa shape index (κ1) is 13.4. The summed E-state index contributed by atoms with van der Waals surface area (Å²) in [5, 5.41) is 0. The number of hydrazine groups is 1. The minimum atomic E-state index is -0.445. The second-order valence-corrected chi connectivity index (χ2v) is 3.23. The summed E-state index contributed by atoms with van der Waals surface area (Å²) in [4.78, 5) is 15.1. The van der Waals surface area contributed by atoms with Crippen LogP contribution >= 0.6 is 0 Å². The number of carbonyl (C=O) groups is 1. The minimum absolute atomic E-state index is 0.170. The first-order valence-electron chi connectivity index (χ1n) is 5.27. The molecule has 0 aliphatic heterocycles. The largest absolute Gasteiger partial charge is 0.377 e. The molecule has 0 atom stereocenters. The fourth-order valence-corrected chi connectivity index (χ4v) is 1.17. The summed E-state index contributed by atoms with van der Waals surface area (Å²) < 4.78 is 5.22. The molecule has 0 fully saturated rings. The van der Waals surface area contributed by atoms with Gasteiger partial charge in [-0.1, -0.05) is 48.1 Å². The molecule has 17 heavy (non-hydrogen) atoms. The van der Waals surface area contributed by atoms with Crippen LogP contribution in [0, 0.1) is 0 Å². The molecule has 5 heteroatoms. The summed E-state index contributed by atoms with van der Waals surface area (Å²) in [6.45, 7) is 0.762. The van der Waals surface area contributed by atoms with E-state index in [9.17, 15) is 4.79 Å². The number of ether oxygens (including phenoxy) is 1. The van der Waals surface area contributed by atoms with Crippen LogP contribution in [0.5, 0.6) is 0 Å². The van der Waals surface area contributed by atoms with Gasteiger partial charge >= 0.3 is 5.97 Å². The highest BCUT2D eigenvalue weighted by atomic mass is 16.7. The maximum Gasteiger partial charge on any atom is 0.328 e. The van der Waals surface area contributed by atoms with E-state index >= 15 is 0 Å². The molecule has 0 saturated carbocycles. The van der Waals surface area contributed by atoms with Crippen LogP contribution < -0.4 is 11.4 Å². The van der Waals surface area contributed by atoms with Gasteiger partial charge in [-0.2, -0.15) is 0 Å². The van der Waals surface area contributed by atoms with Gasteiger partial charge in [-0.05, 0) is 5.56 Å². The monoisotopic (exact) mass is 236 g/mol. The second-order valence-electron chi connectivity index (χ2n) is 3.23. The molecule has 92 valence electrons. The molecule has 1 aromatic carbocycles. The standard InChI is InChI=1S/C12H16N2O3/c13-14-17-12(15)8-10-16-9-4-7-11-5-2-1-3-6-11/h1-7,14H,8-10,13H2. The Kier molecular flexibility index (Phi) is 6.66. The maximum absolute atomic E-state index is 10.8. The first-order valence-corrected chi connectivity index (χ1v) is 5.27. The average Bonchev–Trinajstić information content (AvgIpc) is 2.35. The highest BCUT2D eigenvalue weighted by Gasteiger charge is 2.00. The number of carbonyl (C=O) groups excluding carboxylic acids is 1. The van der Waals surface area contributed by atoms with Crippen LogP contribution in [0.2, 0.25) is 0 Å². The molecule has 0 radical (unpaired) electrons. The van der Waals surface area contributed by atoms with E-state index in [2.05, 4.69) is 4.84 Å². The third kappa shape index (κ3) is 6.47. The second kappa shape index (κ2) is 8.46. The Hall–Kier alpha value is -1.69. The smallest absolute Gasteiger partial charge is 0.328 e. The van der Waals surface area contributed by atoms with Crippen molar-refractivity contribution in [1.82, 2.24) is 5.59 Å². The molecule has 0 unspecified atom stereocenters. The quantitative estimate of drug-likeness (QED) is 0.420.